The van der Waals surface area contributed by atoms with Crippen LogP contribution < -0.4 is 4.90 Å². The fraction of sp³-hybridized carbons (Fsp3) is 0.462. The lowest BCUT2D eigenvalue weighted by Gasteiger charge is -2.32. The van der Waals surface area contributed by atoms with Gasteiger partial charge in [-0.15, -0.1) is 0 Å². The van der Waals surface area contributed by atoms with E-state index >= 15 is 0 Å². The second-order valence-corrected chi connectivity index (χ2v) is 9.38. The average molecular weight is 445 g/mol. The number of anilines is 1. The maximum absolute atomic E-state index is 13.1. The van der Waals surface area contributed by atoms with Crippen LogP contribution in [-0.4, -0.2) is 56.7 Å². The third-order valence-corrected chi connectivity index (χ3v) is 6.80. The van der Waals surface area contributed by atoms with E-state index < -0.39 is 0 Å². The Hall–Kier alpha value is -3.22. The molecule has 0 radical (unpaired) electrons. The Balaban J connectivity index is 1.35. The van der Waals surface area contributed by atoms with E-state index in [2.05, 4.69) is 47.3 Å². The third kappa shape index (κ3) is 4.77. The first kappa shape index (κ1) is 21.6. The molecule has 7 heteroatoms. The third-order valence-electron chi connectivity index (χ3n) is 6.80. The van der Waals surface area contributed by atoms with E-state index in [4.69, 9.17) is 10.1 Å². The summed E-state index contributed by atoms with van der Waals surface area (Å²) in [5.74, 6) is 1.21. The lowest BCUT2D eigenvalue weighted by atomic mass is 9.91. The van der Waals surface area contributed by atoms with Gasteiger partial charge >= 0.3 is 0 Å². The fourth-order valence-electron chi connectivity index (χ4n) is 4.99. The second kappa shape index (κ2) is 9.33. The summed E-state index contributed by atoms with van der Waals surface area (Å²) in [5.41, 5.74) is 5.29. The zero-order valence-electron chi connectivity index (χ0n) is 19.6. The van der Waals surface area contributed by atoms with Crippen LogP contribution >= 0.6 is 0 Å². The number of likely N-dealkylation sites (tertiary alicyclic amines) is 1. The number of hydrogen-bond donors (Lipinski definition) is 0. The molecule has 2 fully saturated rings. The molecule has 7 nitrogen and oxygen atoms in total. The number of piperidine rings is 1. The number of rotatable bonds is 5. The molecular formula is C26H32N6O. The van der Waals surface area contributed by atoms with E-state index in [0.29, 0.717) is 13.0 Å². The zero-order chi connectivity index (χ0) is 22.8. The molecule has 0 spiro atoms. The van der Waals surface area contributed by atoms with Gasteiger partial charge in [0, 0.05) is 57.1 Å². The van der Waals surface area contributed by atoms with E-state index in [1.165, 1.54) is 18.4 Å². The normalized spacial score (nSPS) is 18.7. The number of nitrogens with zero attached hydrogens (tertiary/aromatic N) is 6. The summed E-state index contributed by atoms with van der Waals surface area (Å²) < 4.78 is 1.87. The van der Waals surface area contributed by atoms with Gasteiger partial charge in [-0.25, -0.2) is 9.97 Å². The lowest BCUT2D eigenvalue weighted by Crippen LogP contribution is -2.40. The van der Waals surface area contributed by atoms with Crippen molar-refractivity contribution >= 4 is 11.9 Å². The maximum atomic E-state index is 13.1. The van der Waals surface area contributed by atoms with Gasteiger partial charge in [-0.2, -0.15) is 5.10 Å². The summed E-state index contributed by atoms with van der Waals surface area (Å²) in [6.45, 7) is 5.62. The lowest BCUT2D eigenvalue weighted by molar-refractivity contribution is -0.131. The number of aryl methyl sites for hydroxylation is 2. The first-order valence-corrected chi connectivity index (χ1v) is 12.0. The van der Waals surface area contributed by atoms with Crippen LogP contribution in [0.25, 0.3) is 11.3 Å². The van der Waals surface area contributed by atoms with E-state index in [1.54, 1.807) is 0 Å². The first-order valence-electron chi connectivity index (χ1n) is 12.0. The Bertz CT molecular complexity index is 1120. The minimum absolute atomic E-state index is 0.194. The minimum atomic E-state index is 0.194. The summed E-state index contributed by atoms with van der Waals surface area (Å²) in [6, 6.07) is 10.2. The van der Waals surface area contributed by atoms with Gasteiger partial charge in [-0.3, -0.25) is 9.48 Å². The molecule has 33 heavy (non-hydrogen) atoms. The number of carbonyl (C=O) groups excluding carboxylic acids is 1. The van der Waals surface area contributed by atoms with Crippen molar-refractivity contribution in [1.29, 1.82) is 0 Å². The van der Waals surface area contributed by atoms with E-state index in [0.717, 1.165) is 60.9 Å². The SMILES string of the molecule is Cc1ccc(CC(=O)N2CCC[C@@H](c3nn(C)cc3-c3ccnc(N4CCCC4)n3)C2)cc1. The van der Waals surface area contributed by atoms with E-state index in [1.807, 2.05) is 28.9 Å². The second-order valence-electron chi connectivity index (χ2n) is 9.38. The monoisotopic (exact) mass is 444 g/mol. The van der Waals surface area contributed by atoms with Crippen LogP contribution in [-0.2, 0) is 18.3 Å². The van der Waals surface area contributed by atoms with Crippen molar-refractivity contribution in [1.82, 2.24) is 24.6 Å². The fourth-order valence-corrected chi connectivity index (χ4v) is 4.99. The number of aromatic nitrogens is 4. The first-order chi connectivity index (χ1) is 16.1. The molecule has 0 N–H and O–H groups in total. The predicted molar refractivity (Wildman–Crippen MR) is 129 cm³/mol. The van der Waals surface area contributed by atoms with Crippen molar-refractivity contribution in [2.24, 2.45) is 7.05 Å². The highest BCUT2D eigenvalue weighted by atomic mass is 16.2. The summed E-state index contributed by atoms with van der Waals surface area (Å²) in [4.78, 5) is 26.7. The van der Waals surface area contributed by atoms with Crippen LogP contribution in [0.1, 0.15) is 48.4 Å². The molecule has 1 atom stereocenters. The van der Waals surface area contributed by atoms with E-state index in [9.17, 15) is 4.79 Å². The molecule has 2 aliphatic heterocycles. The van der Waals surface area contributed by atoms with Crippen molar-refractivity contribution in [3.8, 4) is 11.3 Å². The molecule has 0 saturated carbocycles. The minimum Gasteiger partial charge on any atom is -0.342 e. The largest absolute Gasteiger partial charge is 0.342 e. The highest BCUT2D eigenvalue weighted by Gasteiger charge is 2.29. The number of carbonyl (C=O) groups is 1. The van der Waals surface area contributed by atoms with Crippen molar-refractivity contribution in [2.45, 2.75) is 44.9 Å². The number of hydrogen-bond acceptors (Lipinski definition) is 5. The topological polar surface area (TPSA) is 67.2 Å². The Kier molecular flexibility index (Phi) is 6.11. The zero-order valence-corrected chi connectivity index (χ0v) is 19.6. The molecule has 0 unspecified atom stereocenters. The highest BCUT2D eigenvalue weighted by Crippen LogP contribution is 2.33. The molecule has 5 rings (SSSR count). The maximum Gasteiger partial charge on any atom is 0.227 e. The Morgan fingerprint density at radius 3 is 2.64 bits per heavy atom. The quantitative estimate of drug-likeness (QED) is 0.600. The molecular weight excluding hydrogens is 412 g/mol. The van der Waals surface area contributed by atoms with Gasteiger partial charge in [0.05, 0.1) is 17.8 Å². The number of amides is 1. The molecule has 2 saturated heterocycles. The summed E-state index contributed by atoms with van der Waals surface area (Å²) >= 11 is 0. The molecule has 1 amide bonds. The van der Waals surface area contributed by atoms with E-state index in [-0.39, 0.29) is 11.8 Å². The molecule has 2 aromatic heterocycles. The molecule has 0 bridgehead atoms. The van der Waals surface area contributed by atoms with Gasteiger partial charge in [0.2, 0.25) is 11.9 Å². The predicted octanol–water partition coefficient (Wildman–Crippen LogP) is 3.73. The molecule has 3 aromatic rings. The molecule has 1 aromatic carbocycles. The molecule has 172 valence electrons. The van der Waals surface area contributed by atoms with Gasteiger partial charge < -0.3 is 9.80 Å². The summed E-state index contributed by atoms with van der Waals surface area (Å²) in [7, 11) is 1.96. The standard InChI is InChI=1S/C26H32N6O/c1-19-7-9-20(10-8-19)16-24(33)32-15-5-6-21(17-32)25-22(18-30(2)29-25)23-11-12-27-26(28-23)31-13-3-4-14-31/h7-12,18,21H,3-6,13-17H2,1-2H3/t21-/m1/s1. The Morgan fingerprint density at radius 1 is 1.06 bits per heavy atom. The Labute approximate surface area is 195 Å². The molecule has 4 heterocycles. The Morgan fingerprint density at radius 2 is 1.85 bits per heavy atom. The van der Waals surface area contributed by atoms with Crippen LogP contribution in [0.5, 0.6) is 0 Å². The van der Waals surface area contributed by atoms with Gasteiger partial charge in [-0.05, 0) is 44.2 Å². The average Bonchev–Trinajstić information content (AvgIpc) is 3.51. The highest BCUT2D eigenvalue weighted by molar-refractivity contribution is 5.79. The van der Waals surface area contributed by atoms with Gasteiger partial charge in [0.25, 0.3) is 0 Å². The van der Waals surface area contributed by atoms with Crippen molar-refractivity contribution in [2.75, 3.05) is 31.1 Å². The molecule has 2 aliphatic rings. The van der Waals surface area contributed by atoms with Crippen LogP contribution in [0, 0.1) is 6.92 Å². The van der Waals surface area contributed by atoms with Gasteiger partial charge in [-0.1, -0.05) is 29.8 Å². The number of benzene rings is 1. The van der Waals surface area contributed by atoms with Crippen LogP contribution in [0.15, 0.2) is 42.7 Å². The smallest absolute Gasteiger partial charge is 0.227 e. The van der Waals surface area contributed by atoms with Crippen molar-refractivity contribution in [3.05, 3.63) is 59.5 Å². The summed E-state index contributed by atoms with van der Waals surface area (Å²) in [5, 5.41) is 4.83. The van der Waals surface area contributed by atoms with Gasteiger partial charge in [0.1, 0.15) is 0 Å². The van der Waals surface area contributed by atoms with Crippen LogP contribution in [0.2, 0.25) is 0 Å². The van der Waals surface area contributed by atoms with Gasteiger partial charge in [0.15, 0.2) is 0 Å². The van der Waals surface area contributed by atoms with Crippen LogP contribution in [0.3, 0.4) is 0 Å². The summed E-state index contributed by atoms with van der Waals surface area (Å²) in [6.07, 6.45) is 8.77. The molecule has 0 aliphatic carbocycles. The van der Waals surface area contributed by atoms with Crippen molar-refractivity contribution in [3.63, 3.8) is 0 Å². The van der Waals surface area contributed by atoms with Crippen molar-refractivity contribution < 1.29 is 4.79 Å². The van der Waals surface area contributed by atoms with Crippen LogP contribution in [0.4, 0.5) is 5.95 Å².